The molecule has 0 heterocycles. The number of hydrogen-bond donors (Lipinski definition) is 0. The first kappa shape index (κ1) is 12.7. The van der Waals surface area contributed by atoms with Crippen molar-refractivity contribution < 1.29 is 4.74 Å². The number of methoxy groups -OCH3 is 1. The molecule has 2 aromatic carbocycles. The number of ether oxygens (including phenoxy) is 1. The molecule has 0 radical (unpaired) electrons. The second-order valence-corrected chi connectivity index (χ2v) is 4.82. The van der Waals surface area contributed by atoms with E-state index >= 15 is 0 Å². The van der Waals surface area contributed by atoms with Crippen LogP contribution in [-0.4, -0.2) is 7.11 Å². The second kappa shape index (κ2) is 5.26. The smallest absolute Gasteiger partial charge is 0.124 e. The lowest BCUT2D eigenvalue weighted by Gasteiger charge is -2.16. The van der Waals surface area contributed by atoms with Gasteiger partial charge in [-0.1, -0.05) is 49.4 Å². The lowest BCUT2D eigenvalue weighted by Crippen LogP contribution is -1.99. The molecule has 0 aromatic heterocycles. The minimum Gasteiger partial charge on any atom is -0.496 e. The molecule has 18 heavy (non-hydrogen) atoms. The zero-order valence-corrected chi connectivity index (χ0v) is 11.5. The highest BCUT2D eigenvalue weighted by molar-refractivity contribution is 5.46. The highest BCUT2D eigenvalue weighted by atomic mass is 16.5. The first-order chi connectivity index (χ1) is 8.63. The molecule has 0 aliphatic rings. The lowest BCUT2D eigenvalue weighted by atomic mass is 9.90. The van der Waals surface area contributed by atoms with Crippen molar-refractivity contribution in [2.45, 2.75) is 26.7 Å². The Kier molecular flexibility index (Phi) is 3.71. The summed E-state index contributed by atoms with van der Waals surface area (Å²) in [7, 11) is 1.73. The molecule has 1 heteroatoms. The van der Waals surface area contributed by atoms with Crippen LogP contribution in [0.15, 0.2) is 42.5 Å². The van der Waals surface area contributed by atoms with Gasteiger partial charge in [0, 0.05) is 5.92 Å². The topological polar surface area (TPSA) is 9.23 Å². The number of aryl methyl sites for hydroxylation is 2. The average Bonchev–Trinajstić information content (AvgIpc) is 2.38. The van der Waals surface area contributed by atoms with Crippen molar-refractivity contribution >= 4 is 0 Å². The fourth-order valence-corrected chi connectivity index (χ4v) is 2.49. The molecule has 0 saturated carbocycles. The van der Waals surface area contributed by atoms with Crippen LogP contribution in [0.2, 0.25) is 0 Å². The molecule has 0 amide bonds. The summed E-state index contributed by atoms with van der Waals surface area (Å²) in [6, 6.07) is 15.1. The molecular formula is C17H20O. The van der Waals surface area contributed by atoms with Gasteiger partial charge in [0.1, 0.15) is 5.75 Å². The maximum atomic E-state index is 5.42. The van der Waals surface area contributed by atoms with Crippen LogP contribution in [-0.2, 0) is 0 Å². The van der Waals surface area contributed by atoms with E-state index in [0.29, 0.717) is 5.92 Å². The molecule has 1 atom stereocenters. The monoisotopic (exact) mass is 240 g/mol. The number of rotatable bonds is 3. The molecule has 0 saturated heterocycles. The van der Waals surface area contributed by atoms with Gasteiger partial charge in [0.25, 0.3) is 0 Å². The van der Waals surface area contributed by atoms with Crippen LogP contribution in [0.5, 0.6) is 5.75 Å². The fourth-order valence-electron chi connectivity index (χ4n) is 2.49. The average molecular weight is 240 g/mol. The van der Waals surface area contributed by atoms with Crippen LogP contribution >= 0.6 is 0 Å². The van der Waals surface area contributed by atoms with Gasteiger partial charge in [0.15, 0.2) is 0 Å². The maximum absolute atomic E-state index is 5.42. The van der Waals surface area contributed by atoms with E-state index in [1.54, 1.807) is 7.11 Å². The maximum Gasteiger partial charge on any atom is 0.124 e. The van der Waals surface area contributed by atoms with E-state index in [0.717, 1.165) is 5.75 Å². The van der Waals surface area contributed by atoms with Gasteiger partial charge in [0.05, 0.1) is 7.11 Å². The third-order valence-electron chi connectivity index (χ3n) is 3.49. The van der Waals surface area contributed by atoms with E-state index in [4.69, 9.17) is 4.74 Å². The molecule has 0 spiro atoms. The van der Waals surface area contributed by atoms with Crippen molar-refractivity contribution in [2.24, 2.45) is 0 Å². The molecule has 0 aliphatic carbocycles. The predicted octanol–water partition coefficient (Wildman–Crippen LogP) is 4.46. The van der Waals surface area contributed by atoms with Crippen molar-refractivity contribution in [1.29, 1.82) is 0 Å². The standard InChI is InChI=1S/C17H20O/c1-12-10-16(11-13(2)17(12)18-4)14(3)15-8-6-5-7-9-15/h5-11,14H,1-4H3. The van der Waals surface area contributed by atoms with Crippen LogP contribution < -0.4 is 4.74 Å². The van der Waals surface area contributed by atoms with Gasteiger partial charge >= 0.3 is 0 Å². The zero-order chi connectivity index (χ0) is 13.1. The third-order valence-corrected chi connectivity index (χ3v) is 3.49. The Morgan fingerprint density at radius 2 is 1.44 bits per heavy atom. The Labute approximate surface area is 109 Å². The van der Waals surface area contributed by atoms with Crippen LogP contribution in [0, 0.1) is 13.8 Å². The highest BCUT2D eigenvalue weighted by Crippen LogP contribution is 2.30. The number of benzene rings is 2. The Morgan fingerprint density at radius 1 is 0.889 bits per heavy atom. The summed E-state index contributed by atoms with van der Waals surface area (Å²) < 4.78 is 5.42. The molecule has 0 bridgehead atoms. The molecule has 0 fully saturated rings. The summed E-state index contributed by atoms with van der Waals surface area (Å²) in [5.74, 6) is 1.41. The van der Waals surface area contributed by atoms with Gasteiger partial charge in [0.2, 0.25) is 0 Å². The van der Waals surface area contributed by atoms with E-state index in [9.17, 15) is 0 Å². The van der Waals surface area contributed by atoms with Crippen molar-refractivity contribution in [1.82, 2.24) is 0 Å². The molecule has 2 aromatic rings. The SMILES string of the molecule is COc1c(C)cc(C(C)c2ccccc2)cc1C. The van der Waals surface area contributed by atoms with E-state index in [2.05, 4.69) is 63.2 Å². The molecule has 1 unspecified atom stereocenters. The third kappa shape index (κ3) is 2.40. The van der Waals surface area contributed by atoms with Gasteiger partial charge in [-0.05, 0) is 36.1 Å². The Morgan fingerprint density at radius 3 is 1.94 bits per heavy atom. The Balaban J connectivity index is 2.41. The van der Waals surface area contributed by atoms with Crippen molar-refractivity contribution in [3.8, 4) is 5.75 Å². The van der Waals surface area contributed by atoms with E-state index in [1.165, 1.54) is 22.3 Å². The van der Waals surface area contributed by atoms with Crippen LogP contribution in [0.1, 0.15) is 35.1 Å². The molecule has 2 rings (SSSR count). The quantitative estimate of drug-likeness (QED) is 0.769. The Bertz CT molecular complexity index is 506. The summed E-state index contributed by atoms with van der Waals surface area (Å²) in [6.07, 6.45) is 0. The second-order valence-electron chi connectivity index (χ2n) is 4.82. The number of hydrogen-bond acceptors (Lipinski definition) is 1. The van der Waals surface area contributed by atoms with Gasteiger partial charge in [-0.3, -0.25) is 0 Å². The molecule has 0 aliphatic heterocycles. The van der Waals surface area contributed by atoms with Crippen LogP contribution in [0.4, 0.5) is 0 Å². The Hall–Kier alpha value is -1.76. The largest absolute Gasteiger partial charge is 0.496 e. The predicted molar refractivity (Wildman–Crippen MR) is 76.4 cm³/mol. The van der Waals surface area contributed by atoms with Crippen molar-refractivity contribution in [3.05, 3.63) is 64.7 Å². The first-order valence-electron chi connectivity index (χ1n) is 6.33. The van der Waals surface area contributed by atoms with Crippen molar-refractivity contribution in [3.63, 3.8) is 0 Å². The summed E-state index contributed by atoms with van der Waals surface area (Å²) in [5, 5.41) is 0. The molecule has 94 valence electrons. The van der Waals surface area contributed by atoms with Gasteiger partial charge in [-0.2, -0.15) is 0 Å². The van der Waals surface area contributed by atoms with E-state index < -0.39 is 0 Å². The van der Waals surface area contributed by atoms with E-state index in [1.807, 2.05) is 0 Å². The first-order valence-corrected chi connectivity index (χ1v) is 6.33. The minimum absolute atomic E-state index is 0.412. The van der Waals surface area contributed by atoms with Crippen LogP contribution in [0.3, 0.4) is 0 Å². The van der Waals surface area contributed by atoms with Crippen LogP contribution in [0.25, 0.3) is 0 Å². The lowest BCUT2D eigenvalue weighted by molar-refractivity contribution is 0.408. The van der Waals surface area contributed by atoms with Gasteiger partial charge in [-0.25, -0.2) is 0 Å². The summed E-state index contributed by atoms with van der Waals surface area (Å²) in [6.45, 7) is 6.45. The normalized spacial score (nSPS) is 12.2. The summed E-state index contributed by atoms with van der Waals surface area (Å²) in [4.78, 5) is 0. The molecule has 1 nitrogen and oxygen atoms in total. The fraction of sp³-hybridized carbons (Fsp3) is 0.294. The highest BCUT2D eigenvalue weighted by Gasteiger charge is 2.11. The summed E-state index contributed by atoms with van der Waals surface area (Å²) >= 11 is 0. The van der Waals surface area contributed by atoms with Gasteiger partial charge < -0.3 is 4.74 Å². The summed E-state index contributed by atoms with van der Waals surface area (Å²) in [5.41, 5.74) is 5.10. The van der Waals surface area contributed by atoms with Gasteiger partial charge in [-0.15, -0.1) is 0 Å². The van der Waals surface area contributed by atoms with E-state index in [-0.39, 0.29) is 0 Å². The molecule has 0 N–H and O–H groups in total. The minimum atomic E-state index is 0.412. The van der Waals surface area contributed by atoms with Crippen molar-refractivity contribution in [2.75, 3.05) is 7.11 Å². The zero-order valence-electron chi connectivity index (χ0n) is 11.5. The molecular weight excluding hydrogens is 220 g/mol.